The van der Waals surface area contributed by atoms with Crippen LogP contribution in [-0.4, -0.2) is 22.1 Å². The maximum absolute atomic E-state index is 11.5. The number of unbranched alkanes of at least 4 members (excludes halogenated alkanes) is 3. The fourth-order valence-corrected chi connectivity index (χ4v) is 1.25. The van der Waals surface area contributed by atoms with Crippen LogP contribution in [0.15, 0.2) is 0 Å². The second-order valence-electron chi connectivity index (χ2n) is 4.86. The van der Waals surface area contributed by atoms with Gasteiger partial charge in [-0.1, -0.05) is 26.2 Å². The predicted octanol–water partition coefficient (Wildman–Crippen LogP) is 2.97. The maximum Gasteiger partial charge on any atom is 0.417 e. The van der Waals surface area contributed by atoms with Crippen molar-refractivity contribution in [2.75, 3.05) is 0 Å². The van der Waals surface area contributed by atoms with Crippen LogP contribution in [0.25, 0.3) is 5.53 Å². The molecule has 0 radical (unpaired) electrons. The molecule has 0 aromatic rings. The summed E-state index contributed by atoms with van der Waals surface area (Å²) >= 11 is 0. The zero-order valence-electron chi connectivity index (χ0n) is 10.7. The largest absolute Gasteiger partial charge is 0.451 e. The van der Waals surface area contributed by atoms with E-state index in [1.807, 2.05) is 0 Å². The van der Waals surface area contributed by atoms with E-state index < -0.39 is 11.6 Å². The first-order valence-electron chi connectivity index (χ1n) is 5.85. The van der Waals surface area contributed by atoms with E-state index in [1.54, 1.807) is 20.8 Å². The van der Waals surface area contributed by atoms with E-state index in [1.165, 1.54) is 0 Å². The highest BCUT2D eigenvalue weighted by molar-refractivity contribution is 6.33. The van der Waals surface area contributed by atoms with Crippen molar-refractivity contribution in [3.8, 4) is 0 Å². The molecule has 0 aliphatic rings. The van der Waals surface area contributed by atoms with Gasteiger partial charge < -0.3 is 10.3 Å². The average Bonchev–Trinajstić information content (AvgIpc) is 2.15. The summed E-state index contributed by atoms with van der Waals surface area (Å²) in [4.78, 5) is 14.6. The summed E-state index contributed by atoms with van der Waals surface area (Å²) in [6, 6.07) is 0. The van der Waals surface area contributed by atoms with E-state index in [4.69, 9.17) is 10.3 Å². The number of carbonyl (C=O) groups excluding carboxylic acids is 1. The van der Waals surface area contributed by atoms with Crippen molar-refractivity contribution in [2.45, 2.75) is 65.4 Å². The highest BCUT2D eigenvalue weighted by atomic mass is 16.6. The first-order valence-corrected chi connectivity index (χ1v) is 5.85. The fraction of sp³-hybridized carbons (Fsp3) is 0.833. The number of rotatable bonds is 6. The summed E-state index contributed by atoms with van der Waals surface area (Å²) in [5.74, 6) is -0.522. The molecule has 0 bridgehead atoms. The number of hydrogen-bond donors (Lipinski definition) is 0. The third kappa shape index (κ3) is 7.18. The molecule has 0 rings (SSSR count). The van der Waals surface area contributed by atoms with Crippen LogP contribution in [0.2, 0.25) is 0 Å². The highest BCUT2D eigenvalue weighted by Crippen LogP contribution is 2.09. The standard InChI is InChI=1S/C12H22N2O2/c1-5-6-7-8-9-10(14-13)11(15)16-12(2,3)4/h5-9H2,1-4H3. The van der Waals surface area contributed by atoms with E-state index >= 15 is 0 Å². The van der Waals surface area contributed by atoms with Crippen molar-refractivity contribution in [2.24, 2.45) is 0 Å². The molecule has 0 aliphatic heterocycles. The van der Waals surface area contributed by atoms with Gasteiger partial charge in [-0.3, -0.25) is 0 Å². The van der Waals surface area contributed by atoms with Gasteiger partial charge in [0.2, 0.25) is 0 Å². The average molecular weight is 226 g/mol. The SMILES string of the molecule is CCCCCCC(=[N+]=[N-])C(=O)OC(C)(C)C. The fourth-order valence-electron chi connectivity index (χ4n) is 1.25. The van der Waals surface area contributed by atoms with Gasteiger partial charge in [0.1, 0.15) is 5.60 Å². The molecule has 4 heteroatoms. The molecule has 0 unspecified atom stereocenters. The first-order chi connectivity index (χ1) is 7.40. The number of hydrogen-bond acceptors (Lipinski definition) is 2. The Bertz CT molecular complexity index is 273. The van der Waals surface area contributed by atoms with Crippen LogP contribution in [0, 0.1) is 0 Å². The lowest BCUT2D eigenvalue weighted by atomic mass is 10.1. The molecule has 16 heavy (non-hydrogen) atoms. The van der Waals surface area contributed by atoms with Gasteiger partial charge in [0.05, 0.1) is 6.42 Å². The summed E-state index contributed by atoms with van der Waals surface area (Å²) in [5, 5.41) is 0. The molecular weight excluding hydrogens is 204 g/mol. The van der Waals surface area contributed by atoms with Crippen LogP contribution in [0.4, 0.5) is 0 Å². The van der Waals surface area contributed by atoms with Gasteiger partial charge in [0.25, 0.3) is 0 Å². The molecule has 92 valence electrons. The normalized spacial score (nSPS) is 10.8. The molecule has 0 fully saturated rings. The summed E-state index contributed by atoms with van der Waals surface area (Å²) in [5.41, 5.74) is 8.31. The molecule has 0 aliphatic carbocycles. The highest BCUT2D eigenvalue weighted by Gasteiger charge is 2.26. The Labute approximate surface area is 97.6 Å². The molecule has 0 amide bonds. The number of ether oxygens (including phenoxy) is 1. The van der Waals surface area contributed by atoms with Crippen LogP contribution in [0.3, 0.4) is 0 Å². The molecule has 0 aromatic carbocycles. The Kier molecular flexibility index (Phi) is 6.66. The molecule has 0 N–H and O–H groups in total. The van der Waals surface area contributed by atoms with Gasteiger partial charge in [0, 0.05) is 0 Å². The predicted molar refractivity (Wildman–Crippen MR) is 63.2 cm³/mol. The van der Waals surface area contributed by atoms with Gasteiger partial charge in [-0.2, -0.15) is 4.79 Å². The van der Waals surface area contributed by atoms with Crippen molar-refractivity contribution in [1.29, 1.82) is 0 Å². The third-order valence-corrected chi connectivity index (χ3v) is 2.02. The van der Waals surface area contributed by atoms with E-state index in [0.717, 1.165) is 25.7 Å². The molecule has 0 atom stereocenters. The Morgan fingerprint density at radius 2 is 1.88 bits per heavy atom. The van der Waals surface area contributed by atoms with Crippen LogP contribution >= 0.6 is 0 Å². The monoisotopic (exact) mass is 226 g/mol. The van der Waals surface area contributed by atoms with Gasteiger partial charge in [-0.25, -0.2) is 4.79 Å². The van der Waals surface area contributed by atoms with E-state index in [2.05, 4.69) is 11.7 Å². The molecule has 0 spiro atoms. The van der Waals surface area contributed by atoms with E-state index in [-0.39, 0.29) is 5.71 Å². The zero-order chi connectivity index (χ0) is 12.6. The maximum atomic E-state index is 11.5. The lowest BCUT2D eigenvalue weighted by Gasteiger charge is -2.17. The molecule has 0 saturated carbocycles. The Morgan fingerprint density at radius 1 is 1.25 bits per heavy atom. The minimum Gasteiger partial charge on any atom is -0.451 e. The van der Waals surface area contributed by atoms with Crippen LogP contribution in [0.5, 0.6) is 0 Å². The lowest BCUT2D eigenvalue weighted by Crippen LogP contribution is -2.29. The summed E-state index contributed by atoms with van der Waals surface area (Å²) in [6.45, 7) is 7.49. The summed E-state index contributed by atoms with van der Waals surface area (Å²) in [6.07, 6.45) is 4.64. The number of esters is 1. The molecular formula is C12H22N2O2. The Balaban J connectivity index is 4.10. The molecule has 4 nitrogen and oxygen atoms in total. The van der Waals surface area contributed by atoms with Crippen molar-refractivity contribution >= 4 is 11.7 Å². The second kappa shape index (κ2) is 7.18. The van der Waals surface area contributed by atoms with Crippen molar-refractivity contribution in [3.05, 3.63) is 5.53 Å². The van der Waals surface area contributed by atoms with Crippen molar-refractivity contribution < 1.29 is 14.3 Å². The van der Waals surface area contributed by atoms with Crippen LogP contribution < -0.4 is 0 Å². The Morgan fingerprint density at radius 3 is 2.31 bits per heavy atom. The van der Waals surface area contributed by atoms with Gasteiger partial charge >= 0.3 is 11.7 Å². The van der Waals surface area contributed by atoms with Crippen LogP contribution in [-0.2, 0) is 9.53 Å². The smallest absolute Gasteiger partial charge is 0.417 e. The Hall–Kier alpha value is -1.15. The topological polar surface area (TPSA) is 62.7 Å². The summed E-state index contributed by atoms with van der Waals surface area (Å²) < 4.78 is 5.12. The van der Waals surface area contributed by atoms with Gasteiger partial charge in [-0.05, 0) is 27.2 Å². The van der Waals surface area contributed by atoms with Crippen LogP contribution in [0.1, 0.15) is 59.8 Å². The van der Waals surface area contributed by atoms with E-state index in [9.17, 15) is 4.79 Å². The first kappa shape index (κ1) is 14.8. The lowest BCUT2D eigenvalue weighted by molar-refractivity contribution is -0.151. The minimum absolute atomic E-state index is 0.117. The second-order valence-corrected chi connectivity index (χ2v) is 4.86. The molecule has 0 aromatic heterocycles. The minimum atomic E-state index is -0.545. The zero-order valence-corrected chi connectivity index (χ0v) is 10.7. The van der Waals surface area contributed by atoms with Gasteiger partial charge in [0.15, 0.2) is 0 Å². The number of carbonyl (C=O) groups is 1. The van der Waals surface area contributed by atoms with Gasteiger partial charge in [-0.15, -0.1) is 0 Å². The molecule has 0 heterocycles. The van der Waals surface area contributed by atoms with Crippen molar-refractivity contribution in [3.63, 3.8) is 0 Å². The van der Waals surface area contributed by atoms with E-state index in [0.29, 0.717) is 6.42 Å². The quantitative estimate of drug-likeness (QED) is 0.230. The molecule has 0 saturated heterocycles. The number of nitrogens with zero attached hydrogens (tertiary/aromatic N) is 2. The third-order valence-electron chi connectivity index (χ3n) is 2.02. The summed E-state index contributed by atoms with van der Waals surface area (Å²) in [7, 11) is 0. The van der Waals surface area contributed by atoms with Crippen molar-refractivity contribution in [1.82, 2.24) is 0 Å².